The first kappa shape index (κ1) is 14.1. The number of rotatable bonds is 4. The Morgan fingerprint density at radius 3 is 2.94 bits per heavy atom. The van der Waals surface area contributed by atoms with Crippen molar-refractivity contribution in [2.75, 3.05) is 23.8 Å². The molecule has 1 aliphatic heterocycles. The van der Waals surface area contributed by atoms with Crippen LogP contribution in [0.1, 0.15) is 5.56 Å². The molecule has 0 bridgehead atoms. The Kier molecular flexibility index (Phi) is 5.73. The molecule has 0 radical (unpaired) electrons. The van der Waals surface area contributed by atoms with Gasteiger partial charge in [-0.2, -0.15) is 23.5 Å². The van der Waals surface area contributed by atoms with E-state index in [0.717, 1.165) is 17.9 Å². The summed E-state index contributed by atoms with van der Waals surface area (Å²) >= 11 is 9.95. The molecular formula is C13H16ClNOS2. The van der Waals surface area contributed by atoms with Gasteiger partial charge in [0.2, 0.25) is 5.91 Å². The minimum atomic E-state index is 0.0549. The first-order valence-corrected chi connectivity index (χ1v) is 8.53. The molecule has 5 heteroatoms. The lowest BCUT2D eigenvalue weighted by molar-refractivity contribution is -0.120. The van der Waals surface area contributed by atoms with Crippen LogP contribution in [0.3, 0.4) is 0 Å². The Morgan fingerprint density at radius 1 is 1.39 bits per heavy atom. The SMILES string of the molecule is O=C(Cc1ccccc1Cl)NC[C@H]1CSCCS1. The number of nitrogens with one attached hydrogen (secondary N) is 1. The lowest BCUT2D eigenvalue weighted by Gasteiger charge is -2.21. The van der Waals surface area contributed by atoms with Gasteiger partial charge in [0.25, 0.3) is 0 Å². The lowest BCUT2D eigenvalue weighted by Crippen LogP contribution is -2.34. The van der Waals surface area contributed by atoms with Gasteiger partial charge in [-0.3, -0.25) is 4.79 Å². The highest BCUT2D eigenvalue weighted by Crippen LogP contribution is 2.23. The summed E-state index contributed by atoms with van der Waals surface area (Å²) < 4.78 is 0. The van der Waals surface area contributed by atoms with Gasteiger partial charge < -0.3 is 5.32 Å². The molecule has 1 aromatic rings. The first-order valence-electron chi connectivity index (χ1n) is 5.95. The van der Waals surface area contributed by atoms with Crippen LogP contribution in [0.5, 0.6) is 0 Å². The van der Waals surface area contributed by atoms with Crippen molar-refractivity contribution in [1.29, 1.82) is 0 Å². The summed E-state index contributed by atoms with van der Waals surface area (Å²) in [7, 11) is 0. The molecular weight excluding hydrogens is 286 g/mol. The van der Waals surface area contributed by atoms with Gasteiger partial charge in [0.15, 0.2) is 0 Å². The summed E-state index contributed by atoms with van der Waals surface area (Å²) in [4.78, 5) is 11.8. The second-order valence-electron chi connectivity index (χ2n) is 4.14. The van der Waals surface area contributed by atoms with Gasteiger partial charge in [0.1, 0.15) is 0 Å². The smallest absolute Gasteiger partial charge is 0.224 e. The molecule has 1 aromatic carbocycles. The average molecular weight is 302 g/mol. The second kappa shape index (κ2) is 7.31. The molecule has 1 aliphatic rings. The summed E-state index contributed by atoms with van der Waals surface area (Å²) in [6.07, 6.45) is 0.365. The fourth-order valence-corrected chi connectivity index (χ4v) is 4.57. The third-order valence-corrected chi connectivity index (χ3v) is 5.93. The van der Waals surface area contributed by atoms with E-state index in [0.29, 0.717) is 16.7 Å². The van der Waals surface area contributed by atoms with E-state index in [1.165, 1.54) is 11.5 Å². The van der Waals surface area contributed by atoms with E-state index in [-0.39, 0.29) is 5.91 Å². The Labute approximate surface area is 121 Å². The van der Waals surface area contributed by atoms with Crippen LogP contribution < -0.4 is 5.32 Å². The molecule has 1 heterocycles. The molecule has 1 amide bonds. The van der Waals surface area contributed by atoms with Crippen LogP contribution in [0, 0.1) is 0 Å². The topological polar surface area (TPSA) is 29.1 Å². The summed E-state index contributed by atoms with van der Waals surface area (Å²) in [6.45, 7) is 0.765. The number of hydrogen-bond acceptors (Lipinski definition) is 3. The molecule has 2 nitrogen and oxygen atoms in total. The summed E-state index contributed by atoms with van der Waals surface area (Å²) in [5, 5.41) is 4.21. The fraction of sp³-hybridized carbons (Fsp3) is 0.462. The highest BCUT2D eigenvalue weighted by atomic mass is 35.5. The molecule has 0 aliphatic carbocycles. The molecule has 1 N–H and O–H groups in total. The van der Waals surface area contributed by atoms with Crippen molar-refractivity contribution >= 4 is 41.0 Å². The predicted octanol–water partition coefficient (Wildman–Crippen LogP) is 2.85. The van der Waals surface area contributed by atoms with E-state index >= 15 is 0 Å². The highest BCUT2D eigenvalue weighted by Gasteiger charge is 2.15. The number of carbonyl (C=O) groups is 1. The van der Waals surface area contributed by atoms with Gasteiger partial charge in [-0.05, 0) is 11.6 Å². The minimum Gasteiger partial charge on any atom is -0.355 e. The van der Waals surface area contributed by atoms with Gasteiger partial charge in [-0.1, -0.05) is 29.8 Å². The van der Waals surface area contributed by atoms with Crippen molar-refractivity contribution in [2.24, 2.45) is 0 Å². The summed E-state index contributed by atoms with van der Waals surface area (Å²) in [5.41, 5.74) is 0.891. The number of amides is 1. The quantitative estimate of drug-likeness (QED) is 0.927. The molecule has 98 valence electrons. The zero-order valence-corrected chi connectivity index (χ0v) is 12.4. The van der Waals surface area contributed by atoms with Gasteiger partial charge >= 0.3 is 0 Å². The maximum atomic E-state index is 11.8. The maximum absolute atomic E-state index is 11.8. The van der Waals surface area contributed by atoms with Crippen LogP contribution in [0.4, 0.5) is 0 Å². The lowest BCUT2D eigenvalue weighted by atomic mass is 10.1. The summed E-state index contributed by atoms with van der Waals surface area (Å²) in [6, 6.07) is 7.49. The van der Waals surface area contributed by atoms with E-state index < -0.39 is 0 Å². The second-order valence-corrected chi connectivity index (χ2v) is 7.11. The molecule has 18 heavy (non-hydrogen) atoms. The van der Waals surface area contributed by atoms with Crippen molar-refractivity contribution in [1.82, 2.24) is 5.32 Å². The fourth-order valence-electron chi connectivity index (χ4n) is 1.76. The Morgan fingerprint density at radius 2 is 2.22 bits per heavy atom. The van der Waals surface area contributed by atoms with Gasteiger partial charge in [-0.25, -0.2) is 0 Å². The molecule has 0 unspecified atom stereocenters. The van der Waals surface area contributed by atoms with Crippen LogP contribution in [0.25, 0.3) is 0 Å². The normalized spacial score (nSPS) is 19.5. The van der Waals surface area contributed by atoms with Crippen molar-refractivity contribution in [3.63, 3.8) is 0 Å². The van der Waals surface area contributed by atoms with Crippen molar-refractivity contribution in [2.45, 2.75) is 11.7 Å². The van der Waals surface area contributed by atoms with Crippen molar-refractivity contribution < 1.29 is 4.79 Å². The van der Waals surface area contributed by atoms with E-state index in [9.17, 15) is 4.79 Å². The predicted molar refractivity (Wildman–Crippen MR) is 81.7 cm³/mol. The van der Waals surface area contributed by atoms with Gasteiger partial charge in [0, 0.05) is 34.1 Å². The Balaban J connectivity index is 1.76. The van der Waals surface area contributed by atoms with Crippen LogP contribution in [0.2, 0.25) is 5.02 Å². The first-order chi connectivity index (χ1) is 8.75. The minimum absolute atomic E-state index is 0.0549. The van der Waals surface area contributed by atoms with E-state index in [2.05, 4.69) is 5.32 Å². The van der Waals surface area contributed by atoms with Crippen LogP contribution in [-0.2, 0) is 11.2 Å². The van der Waals surface area contributed by atoms with Crippen molar-refractivity contribution in [3.05, 3.63) is 34.9 Å². The molecule has 1 saturated heterocycles. The third-order valence-electron chi connectivity index (χ3n) is 2.72. The van der Waals surface area contributed by atoms with E-state index in [1.807, 2.05) is 47.8 Å². The van der Waals surface area contributed by atoms with Gasteiger partial charge in [0.05, 0.1) is 6.42 Å². The summed E-state index contributed by atoms with van der Waals surface area (Å²) in [5.74, 6) is 3.61. The van der Waals surface area contributed by atoms with Crippen LogP contribution in [-0.4, -0.2) is 35.0 Å². The van der Waals surface area contributed by atoms with Gasteiger partial charge in [-0.15, -0.1) is 0 Å². The molecule has 2 rings (SSSR count). The number of carbonyl (C=O) groups excluding carboxylic acids is 1. The van der Waals surface area contributed by atoms with E-state index in [4.69, 9.17) is 11.6 Å². The largest absolute Gasteiger partial charge is 0.355 e. The molecule has 0 aromatic heterocycles. The van der Waals surface area contributed by atoms with Crippen LogP contribution in [0.15, 0.2) is 24.3 Å². The molecule has 1 atom stereocenters. The van der Waals surface area contributed by atoms with Crippen molar-refractivity contribution in [3.8, 4) is 0 Å². The number of hydrogen-bond donors (Lipinski definition) is 1. The standard InChI is InChI=1S/C13H16ClNOS2/c14-12-4-2-1-3-10(12)7-13(16)15-8-11-9-17-5-6-18-11/h1-4,11H,5-9H2,(H,15,16)/t11-/m0/s1. The van der Waals surface area contributed by atoms with Crippen LogP contribution >= 0.6 is 35.1 Å². The average Bonchev–Trinajstić information content (AvgIpc) is 2.40. The maximum Gasteiger partial charge on any atom is 0.224 e. The zero-order chi connectivity index (χ0) is 12.8. The molecule has 0 spiro atoms. The number of halogens is 1. The third kappa shape index (κ3) is 4.41. The molecule has 0 saturated carbocycles. The molecule has 1 fully saturated rings. The Hall–Kier alpha value is -0.320. The highest BCUT2D eigenvalue weighted by molar-refractivity contribution is 8.06. The Bertz CT molecular complexity index is 408. The zero-order valence-electron chi connectivity index (χ0n) is 10.0. The number of benzene rings is 1. The monoisotopic (exact) mass is 301 g/mol. The van der Waals surface area contributed by atoms with E-state index in [1.54, 1.807) is 0 Å². The number of thioether (sulfide) groups is 2.